The van der Waals surface area contributed by atoms with Gasteiger partial charge in [-0.1, -0.05) is 18.2 Å². The van der Waals surface area contributed by atoms with Crippen molar-refractivity contribution in [3.63, 3.8) is 0 Å². The highest BCUT2D eigenvalue weighted by Gasteiger charge is 2.41. The number of benzene rings is 2. The molecule has 3 aromatic rings. The molecule has 1 aliphatic rings. The molecule has 0 bridgehead atoms. The van der Waals surface area contributed by atoms with Crippen LogP contribution in [0.1, 0.15) is 30.6 Å². The highest BCUT2D eigenvalue weighted by Crippen LogP contribution is 2.39. The lowest BCUT2D eigenvalue weighted by atomic mass is 10.1. The third-order valence-corrected chi connectivity index (χ3v) is 5.30. The van der Waals surface area contributed by atoms with Crippen LogP contribution in [0.25, 0.3) is 11.0 Å². The Morgan fingerprint density at radius 1 is 1.03 bits per heavy atom. The van der Waals surface area contributed by atoms with Crippen molar-refractivity contribution in [2.75, 3.05) is 13.1 Å². The van der Waals surface area contributed by atoms with Crippen LogP contribution in [0.4, 0.5) is 13.2 Å². The minimum Gasteiger partial charge on any atom is -0.507 e. The molecule has 1 aliphatic heterocycles. The summed E-state index contributed by atoms with van der Waals surface area (Å²) in [5.41, 5.74) is -0.966. The van der Waals surface area contributed by atoms with Crippen molar-refractivity contribution < 1.29 is 32.3 Å². The zero-order valence-electron chi connectivity index (χ0n) is 16.1. The Morgan fingerprint density at radius 3 is 2.40 bits per heavy atom. The first kappa shape index (κ1) is 20.3. The molecule has 2 heterocycles. The molecule has 0 aliphatic carbocycles. The first-order valence-corrected chi connectivity index (χ1v) is 9.80. The summed E-state index contributed by atoms with van der Waals surface area (Å²) in [7, 11) is 0. The van der Waals surface area contributed by atoms with Crippen LogP contribution in [0.15, 0.2) is 51.7 Å². The van der Waals surface area contributed by atoms with Crippen molar-refractivity contribution in [3.05, 3.63) is 64.0 Å². The number of fused-ring (bicyclic) bond motifs is 1. The summed E-state index contributed by atoms with van der Waals surface area (Å²) < 4.78 is 51.9. The largest absolute Gasteiger partial charge is 0.507 e. The van der Waals surface area contributed by atoms with Crippen LogP contribution >= 0.6 is 0 Å². The van der Waals surface area contributed by atoms with Crippen LogP contribution in [-0.4, -0.2) is 18.2 Å². The maximum Gasteiger partial charge on any atom is 0.453 e. The molecule has 2 aromatic carbocycles. The summed E-state index contributed by atoms with van der Waals surface area (Å²) >= 11 is 0. The van der Waals surface area contributed by atoms with Crippen LogP contribution in [0.5, 0.6) is 17.2 Å². The maximum atomic E-state index is 13.8. The molecule has 0 saturated carbocycles. The van der Waals surface area contributed by atoms with E-state index in [1.807, 2.05) is 0 Å². The first-order valence-electron chi connectivity index (χ1n) is 9.80. The Morgan fingerprint density at radius 2 is 1.73 bits per heavy atom. The number of phenolic OH excluding ortho intramolecular Hbond substituents is 1. The SMILES string of the molecule is O=c1c(Oc2ccccc2)c(C(F)(F)F)oc2c(C[NH+]3CCCCC3)c(O)ccc12. The molecule has 4 rings (SSSR count). The van der Waals surface area contributed by atoms with Crippen molar-refractivity contribution in [2.45, 2.75) is 32.0 Å². The summed E-state index contributed by atoms with van der Waals surface area (Å²) in [5.74, 6) is -2.52. The second kappa shape index (κ2) is 8.02. The van der Waals surface area contributed by atoms with Gasteiger partial charge in [-0.05, 0) is 43.5 Å². The van der Waals surface area contributed by atoms with Gasteiger partial charge in [0.1, 0.15) is 18.0 Å². The molecule has 0 radical (unpaired) electrons. The number of hydrogen-bond acceptors (Lipinski definition) is 4. The Labute approximate surface area is 170 Å². The predicted molar refractivity (Wildman–Crippen MR) is 104 cm³/mol. The highest BCUT2D eigenvalue weighted by molar-refractivity contribution is 5.83. The van der Waals surface area contributed by atoms with E-state index in [0.29, 0.717) is 0 Å². The summed E-state index contributed by atoms with van der Waals surface area (Å²) in [6.45, 7) is 1.98. The van der Waals surface area contributed by atoms with E-state index in [4.69, 9.17) is 9.15 Å². The van der Waals surface area contributed by atoms with Gasteiger partial charge < -0.3 is 19.2 Å². The predicted octanol–water partition coefficient (Wildman–Crippen LogP) is 3.88. The van der Waals surface area contributed by atoms with Gasteiger partial charge in [0.25, 0.3) is 5.76 Å². The van der Waals surface area contributed by atoms with Crippen molar-refractivity contribution in [3.8, 4) is 17.2 Å². The fourth-order valence-electron chi connectivity index (χ4n) is 3.82. The maximum absolute atomic E-state index is 13.8. The van der Waals surface area contributed by atoms with Gasteiger partial charge in [-0.25, -0.2) is 0 Å². The van der Waals surface area contributed by atoms with Gasteiger partial charge in [0, 0.05) is 0 Å². The third-order valence-electron chi connectivity index (χ3n) is 5.30. The molecular weight excluding hydrogens is 399 g/mol. The summed E-state index contributed by atoms with van der Waals surface area (Å²) in [6, 6.07) is 10.3. The molecule has 0 amide bonds. The van der Waals surface area contributed by atoms with Crippen LogP contribution in [0.3, 0.4) is 0 Å². The fourth-order valence-corrected chi connectivity index (χ4v) is 3.82. The van der Waals surface area contributed by atoms with Gasteiger partial charge in [-0.2, -0.15) is 13.2 Å². The van der Waals surface area contributed by atoms with E-state index in [1.165, 1.54) is 24.3 Å². The number of halogens is 3. The Hall–Kier alpha value is -3.00. The normalized spacial score (nSPS) is 15.4. The van der Waals surface area contributed by atoms with Gasteiger partial charge in [-0.3, -0.25) is 4.79 Å². The monoisotopic (exact) mass is 420 g/mol. The van der Waals surface area contributed by atoms with Crippen LogP contribution in [0, 0.1) is 0 Å². The lowest BCUT2D eigenvalue weighted by Crippen LogP contribution is -3.11. The second-order valence-corrected chi connectivity index (χ2v) is 7.43. The van der Waals surface area contributed by atoms with Gasteiger partial charge in [0.15, 0.2) is 5.58 Å². The number of ether oxygens (including phenoxy) is 1. The van der Waals surface area contributed by atoms with E-state index in [2.05, 4.69) is 0 Å². The molecule has 0 atom stereocenters. The number of rotatable bonds is 4. The topological polar surface area (TPSA) is 64.1 Å². The smallest absolute Gasteiger partial charge is 0.453 e. The third kappa shape index (κ3) is 4.00. The number of alkyl halides is 3. The number of quaternary nitrogens is 1. The lowest BCUT2D eigenvalue weighted by Gasteiger charge is -2.24. The second-order valence-electron chi connectivity index (χ2n) is 7.43. The number of piperidine rings is 1. The number of para-hydroxylation sites is 1. The van der Waals surface area contributed by atoms with E-state index in [-0.39, 0.29) is 34.6 Å². The van der Waals surface area contributed by atoms with E-state index < -0.39 is 23.1 Å². The van der Waals surface area contributed by atoms with Gasteiger partial charge >= 0.3 is 6.18 Å². The zero-order valence-corrected chi connectivity index (χ0v) is 16.1. The van der Waals surface area contributed by atoms with Gasteiger partial charge in [0.2, 0.25) is 11.2 Å². The zero-order chi connectivity index (χ0) is 21.3. The highest BCUT2D eigenvalue weighted by atomic mass is 19.4. The summed E-state index contributed by atoms with van der Waals surface area (Å²) in [4.78, 5) is 14.1. The molecule has 0 spiro atoms. The number of aromatic hydroxyl groups is 1. The molecule has 5 nitrogen and oxygen atoms in total. The first-order chi connectivity index (χ1) is 14.3. The van der Waals surface area contributed by atoms with E-state index in [1.54, 1.807) is 18.2 Å². The quantitative estimate of drug-likeness (QED) is 0.673. The van der Waals surface area contributed by atoms with E-state index >= 15 is 0 Å². The minimum atomic E-state index is -4.95. The van der Waals surface area contributed by atoms with Crippen LogP contribution in [0.2, 0.25) is 0 Å². The average Bonchev–Trinajstić information content (AvgIpc) is 2.72. The molecule has 0 unspecified atom stereocenters. The van der Waals surface area contributed by atoms with Gasteiger partial charge in [0.05, 0.1) is 24.0 Å². The molecule has 1 fully saturated rings. The summed E-state index contributed by atoms with van der Waals surface area (Å²) in [5, 5.41) is 10.3. The fraction of sp³-hybridized carbons (Fsp3) is 0.318. The molecule has 1 aromatic heterocycles. The number of likely N-dealkylation sites (tertiary alicyclic amines) is 1. The molecular formula is C22H21F3NO4+. The lowest BCUT2D eigenvalue weighted by molar-refractivity contribution is -0.918. The Bertz CT molecular complexity index is 1100. The molecule has 158 valence electrons. The molecule has 8 heteroatoms. The number of hydrogen-bond donors (Lipinski definition) is 2. The molecule has 30 heavy (non-hydrogen) atoms. The molecule has 1 saturated heterocycles. The van der Waals surface area contributed by atoms with E-state index in [9.17, 15) is 23.1 Å². The van der Waals surface area contributed by atoms with Crippen molar-refractivity contribution >= 4 is 11.0 Å². The Kier molecular flexibility index (Phi) is 5.42. The average molecular weight is 420 g/mol. The van der Waals surface area contributed by atoms with Crippen molar-refractivity contribution in [1.82, 2.24) is 0 Å². The summed E-state index contributed by atoms with van der Waals surface area (Å²) in [6.07, 6.45) is -1.82. The Balaban J connectivity index is 1.88. The van der Waals surface area contributed by atoms with Crippen molar-refractivity contribution in [2.24, 2.45) is 0 Å². The number of phenols is 1. The van der Waals surface area contributed by atoms with Crippen LogP contribution < -0.4 is 15.1 Å². The van der Waals surface area contributed by atoms with Gasteiger partial charge in [-0.15, -0.1) is 0 Å². The van der Waals surface area contributed by atoms with Crippen molar-refractivity contribution in [1.29, 1.82) is 0 Å². The van der Waals surface area contributed by atoms with Crippen LogP contribution in [-0.2, 0) is 12.7 Å². The molecule has 2 N–H and O–H groups in total. The van der Waals surface area contributed by atoms with E-state index in [0.717, 1.165) is 37.3 Å². The standard InChI is InChI=1S/C22H20F3NO4/c23-22(24,25)21-20(29-14-7-3-1-4-8-14)18(28)15-9-10-17(27)16(19(15)30-21)13-26-11-5-2-6-12-26/h1,3-4,7-10,27H,2,5-6,11-13H2/p+1. The number of nitrogens with one attached hydrogen (secondary N) is 1. The minimum absolute atomic E-state index is 0.0573.